The van der Waals surface area contributed by atoms with Crippen LogP contribution in [-0.4, -0.2) is 42.9 Å². The largest absolute Gasteiger partial charge is 0.465 e. The van der Waals surface area contributed by atoms with Crippen molar-refractivity contribution in [1.29, 1.82) is 0 Å². The summed E-state index contributed by atoms with van der Waals surface area (Å²) in [4.78, 5) is 22.6. The molecule has 4 aromatic rings. The Kier molecular flexibility index (Phi) is 5.32. The Hall–Kier alpha value is -2.26. The number of pyridine rings is 1. The van der Waals surface area contributed by atoms with Crippen LogP contribution in [0.2, 0.25) is 0 Å². The van der Waals surface area contributed by atoms with Crippen LogP contribution < -0.4 is 0 Å². The molecule has 1 aliphatic carbocycles. The summed E-state index contributed by atoms with van der Waals surface area (Å²) in [6.07, 6.45) is 8.56. The van der Waals surface area contributed by atoms with Crippen molar-refractivity contribution in [3.05, 3.63) is 23.1 Å². The molecule has 0 aliphatic heterocycles. The van der Waals surface area contributed by atoms with E-state index in [-0.39, 0.29) is 11.7 Å². The third kappa shape index (κ3) is 3.24. The summed E-state index contributed by atoms with van der Waals surface area (Å²) >= 11 is 2.97. The van der Waals surface area contributed by atoms with Gasteiger partial charge in [-0.2, -0.15) is 0 Å². The van der Waals surface area contributed by atoms with Crippen LogP contribution in [0, 0.1) is 0 Å². The minimum absolute atomic E-state index is 0.203. The smallest absolute Gasteiger partial charge is 0.316 e. The number of thioether (sulfide) groups is 1. The fourth-order valence-electron chi connectivity index (χ4n) is 4.25. The zero-order valence-corrected chi connectivity index (χ0v) is 18.7. The molecule has 0 N–H and O–H groups in total. The number of thiophene rings is 1. The van der Waals surface area contributed by atoms with Gasteiger partial charge < -0.3 is 4.74 Å². The zero-order valence-electron chi connectivity index (χ0n) is 17.1. The van der Waals surface area contributed by atoms with Crippen LogP contribution >= 0.6 is 23.1 Å². The van der Waals surface area contributed by atoms with Gasteiger partial charge in [0.1, 0.15) is 15.9 Å². The summed E-state index contributed by atoms with van der Waals surface area (Å²) in [5.74, 6) is -0.0523. The van der Waals surface area contributed by atoms with E-state index in [4.69, 9.17) is 14.7 Å². The molecule has 0 spiro atoms. The van der Waals surface area contributed by atoms with Crippen molar-refractivity contribution in [2.24, 2.45) is 0 Å². The second-order valence-corrected chi connectivity index (χ2v) is 9.39. The molecule has 0 bridgehead atoms. The van der Waals surface area contributed by atoms with Gasteiger partial charge in [0, 0.05) is 11.1 Å². The highest BCUT2D eigenvalue weighted by molar-refractivity contribution is 7.99. The quantitative estimate of drug-likeness (QED) is 0.324. The Bertz CT molecular complexity index is 1260. The second kappa shape index (κ2) is 8.11. The number of carbonyl (C=O) groups is 1. The standard InChI is InChI=1S/C21H23N5O2S2/c1-3-7-14-12-8-5-6-9-13(12)16-17-18(30-20(16)23-14)19-24-25-21(26(19)11-22-17)29-10-15(27)28-4-2/h11H,3-10H2,1-2H3. The number of esters is 1. The van der Waals surface area contributed by atoms with E-state index in [2.05, 4.69) is 17.1 Å². The second-order valence-electron chi connectivity index (χ2n) is 7.45. The first-order valence-corrected chi connectivity index (χ1v) is 12.3. The van der Waals surface area contributed by atoms with Crippen LogP contribution in [-0.2, 0) is 28.8 Å². The Labute approximate surface area is 182 Å². The van der Waals surface area contributed by atoms with E-state index >= 15 is 0 Å². The van der Waals surface area contributed by atoms with Crippen LogP contribution in [0.5, 0.6) is 0 Å². The molecule has 7 nitrogen and oxygen atoms in total. The summed E-state index contributed by atoms with van der Waals surface area (Å²) in [7, 11) is 0. The van der Waals surface area contributed by atoms with Crippen molar-refractivity contribution in [3.63, 3.8) is 0 Å². The van der Waals surface area contributed by atoms with E-state index in [0.717, 1.165) is 46.4 Å². The Morgan fingerprint density at radius 3 is 2.87 bits per heavy atom. The SMILES string of the molecule is CCCc1nc2sc3c(ncn4c(SCC(=O)OCC)nnc34)c2c2c1CCCC2. The first kappa shape index (κ1) is 19.7. The van der Waals surface area contributed by atoms with Gasteiger partial charge in [-0.15, -0.1) is 21.5 Å². The maximum absolute atomic E-state index is 11.7. The van der Waals surface area contributed by atoms with E-state index < -0.39 is 0 Å². The fourth-order valence-corrected chi connectivity index (χ4v) is 6.10. The van der Waals surface area contributed by atoms with Crippen LogP contribution in [0.3, 0.4) is 0 Å². The molecule has 9 heteroatoms. The molecule has 30 heavy (non-hydrogen) atoms. The van der Waals surface area contributed by atoms with Crippen molar-refractivity contribution < 1.29 is 9.53 Å². The molecule has 0 amide bonds. The van der Waals surface area contributed by atoms with Gasteiger partial charge in [-0.25, -0.2) is 9.97 Å². The van der Waals surface area contributed by atoms with Gasteiger partial charge in [0.25, 0.3) is 0 Å². The lowest BCUT2D eigenvalue weighted by Crippen LogP contribution is -2.09. The normalized spacial score (nSPS) is 13.9. The third-order valence-electron chi connectivity index (χ3n) is 5.50. The van der Waals surface area contributed by atoms with E-state index in [0.29, 0.717) is 11.8 Å². The van der Waals surface area contributed by atoms with Gasteiger partial charge in [-0.3, -0.25) is 9.20 Å². The average Bonchev–Trinajstić information content (AvgIpc) is 3.33. The number of rotatable bonds is 6. The number of carbonyl (C=O) groups excluding carboxylic acids is 1. The maximum atomic E-state index is 11.7. The number of hydrogen-bond donors (Lipinski definition) is 0. The zero-order chi connectivity index (χ0) is 20.7. The van der Waals surface area contributed by atoms with E-state index in [1.165, 1.54) is 46.8 Å². The number of aryl methyl sites for hydroxylation is 2. The van der Waals surface area contributed by atoms with Gasteiger partial charge in [-0.05, 0) is 50.2 Å². The first-order chi connectivity index (χ1) is 14.7. The predicted octanol–water partition coefficient (Wildman–Crippen LogP) is 4.37. The topological polar surface area (TPSA) is 82.3 Å². The van der Waals surface area contributed by atoms with Crippen molar-refractivity contribution in [1.82, 2.24) is 24.6 Å². The lowest BCUT2D eigenvalue weighted by Gasteiger charge is -2.19. The van der Waals surface area contributed by atoms with Crippen LogP contribution in [0.25, 0.3) is 26.1 Å². The highest BCUT2D eigenvalue weighted by atomic mass is 32.2. The number of ether oxygens (including phenoxy) is 1. The fraction of sp³-hybridized carbons (Fsp3) is 0.476. The molecule has 0 aromatic carbocycles. The lowest BCUT2D eigenvalue weighted by molar-refractivity contribution is -0.139. The summed E-state index contributed by atoms with van der Waals surface area (Å²) in [5, 5.41) is 10.6. The number of fused-ring (bicyclic) bond motifs is 7. The summed E-state index contributed by atoms with van der Waals surface area (Å²) in [6, 6.07) is 0. The minimum Gasteiger partial charge on any atom is -0.465 e. The Morgan fingerprint density at radius 1 is 1.23 bits per heavy atom. The van der Waals surface area contributed by atoms with Crippen molar-refractivity contribution in [2.45, 2.75) is 57.5 Å². The number of aromatic nitrogens is 5. The van der Waals surface area contributed by atoms with E-state index in [9.17, 15) is 4.79 Å². The summed E-state index contributed by atoms with van der Waals surface area (Å²) < 4.78 is 7.88. The van der Waals surface area contributed by atoms with Gasteiger partial charge in [0.2, 0.25) is 0 Å². The van der Waals surface area contributed by atoms with E-state index in [1.54, 1.807) is 24.6 Å². The summed E-state index contributed by atoms with van der Waals surface area (Å²) in [6.45, 7) is 4.39. The molecule has 4 heterocycles. The molecule has 4 aromatic heterocycles. The minimum atomic E-state index is -0.255. The van der Waals surface area contributed by atoms with Crippen LogP contribution in [0.4, 0.5) is 0 Å². The highest BCUT2D eigenvalue weighted by Gasteiger charge is 2.23. The molecule has 0 unspecified atom stereocenters. The monoisotopic (exact) mass is 441 g/mol. The first-order valence-electron chi connectivity index (χ1n) is 10.5. The number of hydrogen-bond acceptors (Lipinski definition) is 8. The number of nitrogens with zero attached hydrogens (tertiary/aromatic N) is 5. The van der Waals surface area contributed by atoms with Gasteiger partial charge in [0.05, 0.1) is 17.9 Å². The average molecular weight is 442 g/mol. The maximum Gasteiger partial charge on any atom is 0.316 e. The molecule has 0 atom stereocenters. The molecule has 0 radical (unpaired) electrons. The molecular weight excluding hydrogens is 418 g/mol. The lowest BCUT2D eigenvalue weighted by atomic mass is 9.88. The van der Waals surface area contributed by atoms with Crippen LogP contribution in [0.15, 0.2) is 11.5 Å². The van der Waals surface area contributed by atoms with E-state index in [1.807, 2.05) is 4.40 Å². The Morgan fingerprint density at radius 2 is 2.07 bits per heavy atom. The van der Waals surface area contributed by atoms with Crippen LogP contribution in [0.1, 0.15) is 49.9 Å². The van der Waals surface area contributed by atoms with Gasteiger partial charge in [0.15, 0.2) is 10.8 Å². The molecule has 1 aliphatic rings. The molecule has 0 fully saturated rings. The van der Waals surface area contributed by atoms with Crippen molar-refractivity contribution in [2.75, 3.05) is 12.4 Å². The Balaban J connectivity index is 1.64. The van der Waals surface area contributed by atoms with Crippen molar-refractivity contribution in [3.8, 4) is 0 Å². The summed E-state index contributed by atoms with van der Waals surface area (Å²) in [5.41, 5.74) is 5.90. The molecule has 0 saturated carbocycles. The molecule has 0 saturated heterocycles. The van der Waals surface area contributed by atoms with Crippen molar-refractivity contribution >= 4 is 55.1 Å². The van der Waals surface area contributed by atoms with Gasteiger partial charge in [-0.1, -0.05) is 25.1 Å². The predicted molar refractivity (Wildman–Crippen MR) is 119 cm³/mol. The molecule has 5 rings (SSSR count). The third-order valence-corrected chi connectivity index (χ3v) is 7.49. The molecule has 156 valence electrons. The van der Waals surface area contributed by atoms with Gasteiger partial charge >= 0.3 is 5.97 Å². The molecular formula is C21H23N5O2S2. The highest BCUT2D eigenvalue weighted by Crippen LogP contribution is 2.40.